The number of piperazine rings is 1. The third kappa shape index (κ3) is 4.33. The molecule has 0 radical (unpaired) electrons. The molecule has 160 valence electrons. The lowest BCUT2D eigenvalue weighted by Crippen LogP contribution is -2.54. The van der Waals surface area contributed by atoms with E-state index in [0.717, 1.165) is 0 Å². The van der Waals surface area contributed by atoms with Crippen molar-refractivity contribution in [3.05, 3.63) is 53.6 Å². The fourth-order valence-electron chi connectivity index (χ4n) is 3.40. The van der Waals surface area contributed by atoms with Crippen molar-refractivity contribution in [3.8, 4) is 11.5 Å². The fraction of sp³-hybridized carbons (Fsp3) is 0.350. The van der Waals surface area contributed by atoms with Gasteiger partial charge < -0.3 is 19.7 Å². The highest BCUT2D eigenvalue weighted by Crippen LogP contribution is 2.30. The Hall–Kier alpha value is -2.49. The lowest BCUT2D eigenvalue weighted by molar-refractivity contribution is 0.0893. The molecule has 2 aromatic rings. The monoisotopic (exact) mass is 451 g/mol. The number of hydrogen-bond donors (Lipinski definition) is 1. The SMILES string of the molecule is O=C(NCC1COc2ccccc2O1)N1CCN(S(=O)(=O)c2ccccc2Cl)CC1. The summed E-state index contributed by atoms with van der Waals surface area (Å²) in [7, 11) is -3.69. The molecule has 2 aliphatic heterocycles. The molecule has 1 N–H and O–H groups in total. The molecule has 0 spiro atoms. The minimum atomic E-state index is -3.69. The van der Waals surface area contributed by atoms with Gasteiger partial charge in [-0.2, -0.15) is 4.31 Å². The molecule has 2 heterocycles. The number of nitrogens with one attached hydrogen (secondary N) is 1. The van der Waals surface area contributed by atoms with Crippen LogP contribution in [0.5, 0.6) is 11.5 Å². The van der Waals surface area contributed by atoms with E-state index in [9.17, 15) is 13.2 Å². The second kappa shape index (κ2) is 8.71. The predicted molar refractivity (Wildman–Crippen MR) is 112 cm³/mol. The number of rotatable bonds is 4. The summed E-state index contributed by atoms with van der Waals surface area (Å²) in [6.07, 6.45) is -0.286. The van der Waals surface area contributed by atoms with Gasteiger partial charge in [-0.25, -0.2) is 13.2 Å². The van der Waals surface area contributed by atoms with Crippen LogP contribution in [0.4, 0.5) is 4.79 Å². The number of fused-ring (bicyclic) bond motifs is 1. The Balaban J connectivity index is 1.28. The summed E-state index contributed by atoms with van der Waals surface area (Å²) < 4.78 is 38.4. The Morgan fingerprint density at radius 3 is 2.43 bits per heavy atom. The first-order valence-electron chi connectivity index (χ1n) is 9.61. The quantitative estimate of drug-likeness (QED) is 0.769. The van der Waals surface area contributed by atoms with Gasteiger partial charge >= 0.3 is 6.03 Å². The Bertz CT molecular complexity index is 1020. The third-order valence-electron chi connectivity index (χ3n) is 5.03. The van der Waals surface area contributed by atoms with Gasteiger partial charge in [-0.15, -0.1) is 0 Å². The average Bonchev–Trinajstić information content (AvgIpc) is 2.77. The van der Waals surface area contributed by atoms with E-state index < -0.39 is 10.0 Å². The molecule has 4 rings (SSSR count). The molecule has 2 aromatic carbocycles. The number of urea groups is 1. The van der Waals surface area contributed by atoms with Crippen LogP contribution in [0, 0.1) is 0 Å². The van der Waals surface area contributed by atoms with Crippen LogP contribution in [0.2, 0.25) is 5.02 Å². The first kappa shape index (κ1) is 20.8. The van der Waals surface area contributed by atoms with Crippen molar-refractivity contribution in [2.75, 3.05) is 39.3 Å². The smallest absolute Gasteiger partial charge is 0.317 e. The van der Waals surface area contributed by atoms with Gasteiger partial charge in [-0.3, -0.25) is 0 Å². The number of amides is 2. The molecule has 0 aromatic heterocycles. The van der Waals surface area contributed by atoms with Crippen molar-refractivity contribution in [2.24, 2.45) is 0 Å². The zero-order valence-electron chi connectivity index (χ0n) is 16.2. The zero-order valence-corrected chi connectivity index (χ0v) is 17.7. The Morgan fingerprint density at radius 2 is 1.70 bits per heavy atom. The molecule has 10 heteroatoms. The van der Waals surface area contributed by atoms with Crippen LogP contribution >= 0.6 is 11.6 Å². The van der Waals surface area contributed by atoms with Crippen LogP contribution in [0.25, 0.3) is 0 Å². The van der Waals surface area contributed by atoms with Gasteiger partial charge in [0.05, 0.1) is 11.6 Å². The Labute approximate surface area is 180 Å². The maximum atomic E-state index is 12.8. The Kier molecular flexibility index (Phi) is 6.03. The third-order valence-corrected chi connectivity index (χ3v) is 7.43. The van der Waals surface area contributed by atoms with E-state index in [1.807, 2.05) is 24.3 Å². The van der Waals surface area contributed by atoms with E-state index in [1.54, 1.807) is 23.1 Å². The van der Waals surface area contributed by atoms with E-state index in [4.69, 9.17) is 21.1 Å². The van der Waals surface area contributed by atoms with Gasteiger partial charge in [0, 0.05) is 26.2 Å². The van der Waals surface area contributed by atoms with Crippen molar-refractivity contribution in [1.29, 1.82) is 0 Å². The maximum Gasteiger partial charge on any atom is 0.317 e. The summed E-state index contributed by atoms with van der Waals surface area (Å²) in [5.74, 6) is 1.34. The highest BCUT2D eigenvalue weighted by Gasteiger charge is 2.31. The van der Waals surface area contributed by atoms with Crippen LogP contribution < -0.4 is 14.8 Å². The van der Waals surface area contributed by atoms with E-state index in [2.05, 4.69) is 5.32 Å². The molecule has 8 nitrogen and oxygen atoms in total. The van der Waals surface area contributed by atoms with E-state index in [1.165, 1.54) is 10.4 Å². The maximum absolute atomic E-state index is 12.8. The number of para-hydroxylation sites is 2. The van der Waals surface area contributed by atoms with Crippen molar-refractivity contribution >= 4 is 27.7 Å². The molecule has 1 atom stereocenters. The van der Waals surface area contributed by atoms with Crippen LogP contribution in [-0.2, 0) is 10.0 Å². The van der Waals surface area contributed by atoms with Gasteiger partial charge in [0.2, 0.25) is 10.0 Å². The largest absolute Gasteiger partial charge is 0.486 e. The van der Waals surface area contributed by atoms with Crippen LogP contribution in [0.3, 0.4) is 0 Å². The minimum Gasteiger partial charge on any atom is -0.486 e. The molecule has 1 fully saturated rings. The normalized spacial score (nSPS) is 19.4. The zero-order chi connectivity index (χ0) is 21.1. The number of halogens is 1. The molecular formula is C20H22ClN3O5S. The highest BCUT2D eigenvalue weighted by atomic mass is 35.5. The van der Waals surface area contributed by atoms with Crippen molar-refractivity contribution in [3.63, 3.8) is 0 Å². The first-order valence-corrected chi connectivity index (χ1v) is 11.4. The highest BCUT2D eigenvalue weighted by molar-refractivity contribution is 7.89. The second-order valence-corrected chi connectivity index (χ2v) is 9.32. The molecule has 2 aliphatic rings. The van der Waals surface area contributed by atoms with Crippen LogP contribution in [0.1, 0.15) is 0 Å². The number of benzene rings is 2. The number of carbonyl (C=O) groups excluding carboxylic acids is 1. The summed E-state index contributed by atoms with van der Waals surface area (Å²) in [4.78, 5) is 14.2. The molecule has 0 aliphatic carbocycles. The fourth-order valence-corrected chi connectivity index (χ4v) is 5.32. The lowest BCUT2D eigenvalue weighted by Gasteiger charge is -2.34. The van der Waals surface area contributed by atoms with Crippen molar-refractivity contribution in [1.82, 2.24) is 14.5 Å². The predicted octanol–water partition coefficient (Wildman–Crippen LogP) is 2.20. The van der Waals surface area contributed by atoms with Crippen LogP contribution in [-0.4, -0.2) is 69.1 Å². The summed E-state index contributed by atoms with van der Waals surface area (Å²) in [5, 5.41) is 3.03. The number of nitrogens with zero attached hydrogens (tertiary/aromatic N) is 2. The molecule has 0 bridgehead atoms. The molecule has 30 heavy (non-hydrogen) atoms. The molecule has 2 amide bonds. The molecular weight excluding hydrogens is 430 g/mol. The van der Waals surface area contributed by atoms with Crippen molar-refractivity contribution < 1.29 is 22.7 Å². The van der Waals surface area contributed by atoms with Gasteiger partial charge in [-0.05, 0) is 24.3 Å². The number of carbonyl (C=O) groups is 1. The van der Waals surface area contributed by atoms with E-state index in [0.29, 0.717) is 37.7 Å². The van der Waals surface area contributed by atoms with Gasteiger partial charge in [0.1, 0.15) is 11.5 Å². The second-order valence-electron chi connectivity index (χ2n) is 7.01. The summed E-state index contributed by atoms with van der Waals surface area (Å²) in [6.45, 7) is 1.64. The number of ether oxygens (including phenoxy) is 2. The molecule has 0 saturated carbocycles. The average molecular weight is 452 g/mol. The van der Waals surface area contributed by atoms with Crippen molar-refractivity contribution in [2.45, 2.75) is 11.0 Å². The molecule has 1 saturated heterocycles. The first-order chi connectivity index (χ1) is 14.4. The summed E-state index contributed by atoms with van der Waals surface area (Å²) >= 11 is 6.05. The lowest BCUT2D eigenvalue weighted by atomic mass is 10.2. The number of hydrogen-bond acceptors (Lipinski definition) is 5. The standard InChI is InChI=1S/C20H22ClN3O5S/c21-16-5-1-4-8-19(16)30(26,27)24-11-9-23(10-12-24)20(25)22-13-15-14-28-17-6-2-3-7-18(17)29-15/h1-8,15H,9-14H2,(H,22,25). The van der Waals surface area contributed by atoms with E-state index in [-0.39, 0.29) is 35.1 Å². The molecule has 1 unspecified atom stereocenters. The minimum absolute atomic E-state index is 0.0827. The Morgan fingerprint density at radius 1 is 1.03 bits per heavy atom. The van der Waals surface area contributed by atoms with Crippen LogP contribution in [0.15, 0.2) is 53.4 Å². The number of sulfonamides is 1. The van der Waals surface area contributed by atoms with E-state index >= 15 is 0 Å². The van der Waals surface area contributed by atoms with Gasteiger partial charge in [-0.1, -0.05) is 35.9 Å². The van der Waals surface area contributed by atoms with Gasteiger partial charge in [0.25, 0.3) is 0 Å². The topological polar surface area (TPSA) is 88.2 Å². The summed E-state index contributed by atoms with van der Waals surface area (Å²) in [5.41, 5.74) is 0. The van der Waals surface area contributed by atoms with Gasteiger partial charge in [0.15, 0.2) is 17.6 Å². The summed E-state index contributed by atoms with van der Waals surface area (Å²) in [6, 6.07) is 13.5.